The van der Waals surface area contributed by atoms with E-state index in [4.69, 9.17) is 9.84 Å². The number of carboxylic acid groups (broad SMARTS) is 1. The summed E-state index contributed by atoms with van der Waals surface area (Å²) in [6, 6.07) is 7.80. The van der Waals surface area contributed by atoms with Crippen molar-refractivity contribution in [1.29, 1.82) is 0 Å². The molecule has 0 radical (unpaired) electrons. The van der Waals surface area contributed by atoms with E-state index in [0.29, 0.717) is 6.42 Å². The maximum atomic E-state index is 13.6. The molecule has 1 atom stereocenters. The highest BCUT2D eigenvalue weighted by molar-refractivity contribution is 5.78. The largest absolute Gasteiger partial charge is 0.481 e. The number of benzene rings is 1. The van der Waals surface area contributed by atoms with Crippen molar-refractivity contribution < 1.29 is 28.2 Å². The molecule has 7 heteroatoms. The maximum Gasteiger partial charge on any atom is 0.309 e. The molecule has 0 bridgehead atoms. The van der Waals surface area contributed by atoms with Crippen LogP contribution in [0.25, 0.3) is 0 Å². The first kappa shape index (κ1) is 16.8. The van der Waals surface area contributed by atoms with Crippen molar-refractivity contribution in [1.82, 2.24) is 4.90 Å². The van der Waals surface area contributed by atoms with E-state index in [2.05, 4.69) is 0 Å². The Morgan fingerprint density at radius 1 is 1.29 bits per heavy atom. The molecule has 1 aromatic rings. The number of amides is 1. The van der Waals surface area contributed by atoms with Gasteiger partial charge in [-0.15, -0.1) is 0 Å². The Morgan fingerprint density at radius 2 is 2.04 bits per heavy atom. The number of morpholine rings is 1. The Morgan fingerprint density at radius 3 is 2.79 bits per heavy atom. The van der Waals surface area contributed by atoms with Crippen LogP contribution in [0.5, 0.6) is 0 Å². The van der Waals surface area contributed by atoms with E-state index in [1.54, 1.807) is 0 Å². The van der Waals surface area contributed by atoms with Crippen molar-refractivity contribution in [3.8, 4) is 0 Å². The number of ether oxygens (including phenoxy) is 1. The first-order valence-electron chi connectivity index (χ1n) is 7.91. The fourth-order valence-electron chi connectivity index (χ4n) is 3.58. The molecule has 130 valence electrons. The number of rotatable bonds is 4. The van der Waals surface area contributed by atoms with Crippen molar-refractivity contribution in [3.63, 3.8) is 0 Å². The maximum absolute atomic E-state index is 13.6. The summed E-state index contributed by atoms with van der Waals surface area (Å²) < 4.78 is 33.2. The lowest BCUT2D eigenvalue weighted by Crippen LogP contribution is -2.51. The molecule has 5 nitrogen and oxygen atoms in total. The van der Waals surface area contributed by atoms with Crippen LogP contribution in [-0.4, -0.2) is 47.5 Å². The molecule has 1 aromatic carbocycles. The lowest BCUT2D eigenvalue weighted by Gasteiger charge is -2.41. The number of alkyl halides is 2. The van der Waals surface area contributed by atoms with Gasteiger partial charge in [-0.1, -0.05) is 24.3 Å². The lowest BCUT2D eigenvalue weighted by atomic mass is 9.93. The summed E-state index contributed by atoms with van der Waals surface area (Å²) in [6.45, 7) is 0.752. The molecule has 0 saturated carbocycles. The van der Waals surface area contributed by atoms with Gasteiger partial charge in [0.2, 0.25) is 5.91 Å². The fraction of sp³-hybridized carbons (Fsp3) is 0.529. The molecule has 1 N–H and O–H groups in total. The van der Waals surface area contributed by atoms with E-state index in [-0.39, 0.29) is 19.7 Å². The number of carbonyl (C=O) groups is 2. The summed E-state index contributed by atoms with van der Waals surface area (Å²) in [4.78, 5) is 24.1. The normalized spacial score (nSPS) is 23.3. The van der Waals surface area contributed by atoms with Gasteiger partial charge in [0.1, 0.15) is 12.0 Å². The van der Waals surface area contributed by atoms with Crippen molar-refractivity contribution in [2.45, 2.75) is 37.2 Å². The summed E-state index contributed by atoms with van der Waals surface area (Å²) in [5.74, 6) is -5.88. The van der Waals surface area contributed by atoms with Crippen LogP contribution in [0.1, 0.15) is 30.4 Å². The third-order valence-electron chi connectivity index (χ3n) is 4.66. The van der Waals surface area contributed by atoms with Gasteiger partial charge in [0.15, 0.2) is 0 Å². The van der Waals surface area contributed by atoms with Crippen molar-refractivity contribution >= 4 is 11.9 Å². The molecule has 1 fully saturated rings. The summed E-state index contributed by atoms with van der Waals surface area (Å²) in [7, 11) is 0. The van der Waals surface area contributed by atoms with Gasteiger partial charge in [0.25, 0.3) is 5.92 Å². The molecule has 2 aliphatic rings. The monoisotopic (exact) mass is 339 g/mol. The lowest BCUT2D eigenvalue weighted by molar-refractivity contribution is -0.161. The SMILES string of the molecule is O=C(O)CC(F)(F)CC(=O)N1CCOC2(CCc3ccccc32)C1. The van der Waals surface area contributed by atoms with Crippen LogP contribution < -0.4 is 0 Å². The number of carbonyl (C=O) groups excluding carboxylic acids is 1. The number of aryl methyl sites for hydroxylation is 1. The highest BCUT2D eigenvalue weighted by Gasteiger charge is 2.45. The minimum atomic E-state index is -3.54. The predicted octanol–water partition coefficient (Wildman–Crippen LogP) is 2.19. The minimum Gasteiger partial charge on any atom is -0.481 e. The van der Waals surface area contributed by atoms with Gasteiger partial charge < -0.3 is 14.7 Å². The topological polar surface area (TPSA) is 66.8 Å². The van der Waals surface area contributed by atoms with Gasteiger partial charge in [-0.3, -0.25) is 9.59 Å². The molecule has 0 aromatic heterocycles. The van der Waals surface area contributed by atoms with Crippen molar-refractivity contribution in [2.24, 2.45) is 0 Å². The van der Waals surface area contributed by atoms with Crippen LogP contribution in [0.15, 0.2) is 24.3 Å². The zero-order valence-corrected chi connectivity index (χ0v) is 13.1. The Labute approximate surface area is 138 Å². The van der Waals surface area contributed by atoms with E-state index in [9.17, 15) is 18.4 Å². The molecule has 1 amide bonds. The smallest absolute Gasteiger partial charge is 0.309 e. The second-order valence-electron chi connectivity index (χ2n) is 6.42. The molecular formula is C17H19F2NO4. The van der Waals surface area contributed by atoms with Crippen molar-refractivity contribution in [3.05, 3.63) is 35.4 Å². The van der Waals surface area contributed by atoms with Gasteiger partial charge in [-0.25, -0.2) is 8.78 Å². The van der Waals surface area contributed by atoms with Crippen LogP contribution in [-0.2, 0) is 26.3 Å². The summed E-state index contributed by atoms with van der Waals surface area (Å²) in [5.41, 5.74) is 1.54. The molecule has 24 heavy (non-hydrogen) atoms. The minimum absolute atomic E-state index is 0.228. The quantitative estimate of drug-likeness (QED) is 0.913. The number of halogens is 2. The van der Waals surface area contributed by atoms with Crippen LogP contribution in [0.3, 0.4) is 0 Å². The van der Waals surface area contributed by atoms with E-state index >= 15 is 0 Å². The Balaban J connectivity index is 1.73. The van der Waals surface area contributed by atoms with Crippen LogP contribution in [0.2, 0.25) is 0 Å². The molecule has 1 spiro atoms. The molecule has 3 rings (SSSR count). The predicted molar refractivity (Wildman–Crippen MR) is 80.8 cm³/mol. The molecule has 1 unspecified atom stereocenters. The van der Waals surface area contributed by atoms with E-state index < -0.39 is 36.2 Å². The highest BCUT2D eigenvalue weighted by atomic mass is 19.3. The molecule has 1 saturated heterocycles. The average Bonchev–Trinajstić information content (AvgIpc) is 2.84. The molecular weight excluding hydrogens is 320 g/mol. The number of hydrogen-bond acceptors (Lipinski definition) is 3. The molecule has 1 aliphatic heterocycles. The van der Waals surface area contributed by atoms with Crippen LogP contribution >= 0.6 is 0 Å². The summed E-state index contributed by atoms with van der Waals surface area (Å²) in [6.07, 6.45) is -0.886. The second kappa shape index (κ2) is 6.12. The number of nitrogens with zero attached hydrogens (tertiary/aromatic N) is 1. The fourth-order valence-corrected chi connectivity index (χ4v) is 3.58. The molecule has 1 heterocycles. The summed E-state index contributed by atoms with van der Waals surface area (Å²) in [5, 5.41) is 8.52. The number of fused-ring (bicyclic) bond motifs is 2. The zero-order valence-electron chi connectivity index (χ0n) is 13.1. The van der Waals surface area contributed by atoms with Gasteiger partial charge in [0, 0.05) is 6.54 Å². The second-order valence-corrected chi connectivity index (χ2v) is 6.42. The number of hydrogen-bond donors (Lipinski definition) is 1. The Kier molecular flexibility index (Phi) is 4.29. The molecule has 1 aliphatic carbocycles. The third kappa shape index (κ3) is 3.26. The Bertz CT molecular complexity index is 660. The Hall–Kier alpha value is -2.02. The highest BCUT2D eigenvalue weighted by Crippen LogP contribution is 2.42. The first-order valence-corrected chi connectivity index (χ1v) is 7.91. The van der Waals surface area contributed by atoms with Crippen LogP contribution in [0, 0.1) is 0 Å². The van der Waals surface area contributed by atoms with Crippen LogP contribution in [0.4, 0.5) is 8.78 Å². The standard InChI is InChI=1S/C17H19F2NO4/c18-17(19,10-15(22)23)9-14(21)20-7-8-24-16(11-20)6-5-12-3-1-2-4-13(12)16/h1-4H,5-11H2,(H,22,23). The average molecular weight is 339 g/mol. The van der Waals surface area contributed by atoms with E-state index in [0.717, 1.165) is 17.5 Å². The zero-order chi connectivity index (χ0) is 17.4. The van der Waals surface area contributed by atoms with Gasteiger partial charge in [-0.2, -0.15) is 0 Å². The van der Waals surface area contributed by atoms with Gasteiger partial charge >= 0.3 is 5.97 Å². The van der Waals surface area contributed by atoms with E-state index in [1.165, 1.54) is 4.90 Å². The number of carboxylic acids is 1. The van der Waals surface area contributed by atoms with Gasteiger partial charge in [-0.05, 0) is 24.0 Å². The van der Waals surface area contributed by atoms with Crippen molar-refractivity contribution in [2.75, 3.05) is 19.7 Å². The number of aliphatic carboxylic acids is 1. The third-order valence-corrected chi connectivity index (χ3v) is 4.66. The van der Waals surface area contributed by atoms with E-state index in [1.807, 2.05) is 24.3 Å². The summed E-state index contributed by atoms with van der Waals surface area (Å²) >= 11 is 0. The first-order chi connectivity index (χ1) is 11.3. The van der Waals surface area contributed by atoms with Gasteiger partial charge in [0.05, 0.1) is 19.6 Å².